The van der Waals surface area contributed by atoms with Gasteiger partial charge < -0.3 is 5.73 Å². The molecule has 1 aromatic rings. The van der Waals surface area contributed by atoms with Crippen molar-refractivity contribution in [2.45, 2.75) is 45.2 Å². The highest BCUT2D eigenvalue weighted by Gasteiger charge is 2.37. The number of hydrogen-bond donors (Lipinski definition) is 1. The van der Waals surface area contributed by atoms with E-state index in [0.717, 1.165) is 6.54 Å². The van der Waals surface area contributed by atoms with Crippen LogP contribution in [0.25, 0.3) is 0 Å². The van der Waals surface area contributed by atoms with Gasteiger partial charge in [-0.2, -0.15) is 0 Å². The number of nitrogens with zero attached hydrogens (tertiary/aromatic N) is 1. The first-order chi connectivity index (χ1) is 8.03. The van der Waals surface area contributed by atoms with Gasteiger partial charge in [0.15, 0.2) is 0 Å². The van der Waals surface area contributed by atoms with Crippen LogP contribution in [-0.2, 0) is 0 Å². The van der Waals surface area contributed by atoms with Crippen LogP contribution in [-0.4, -0.2) is 24.5 Å². The Bertz CT molecular complexity index is 349. The minimum atomic E-state index is 0.306. The van der Waals surface area contributed by atoms with Crippen LogP contribution in [0.15, 0.2) is 17.5 Å². The maximum absolute atomic E-state index is 6.26. The Morgan fingerprint density at radius 2 is 2.41 bits per heavy atom. The second kappa shape index (κ2) is 5.09. The lowest BCUT2D eigenvalue weighted by atomic mass is 9.84. The molecule has 3 unspecified atom stereocenters. The molecule has 96 valence electrons. The average Bonchev–Trinajstić information content (AvgIpc) is 2.89. The van der Waals surface area contributed by atoms with E-state index >= 15 is 0 Å². The third kappa shape index (κ3) is 2.72. The third-order valence-electron chi connectivity index (χ3n) is 4.38. The van der Waals surface area contributed by atoms with Crippen LogP contribution in [0, 0.1) is 5.41 Å². The van der Waals surface area contributed by atoms with Crippen molar-refractivity contribution < 1.29 is 0 Å². The lowest BCUT2D eigenvalue weighted by Gasteiger charge is -2.36. The van der Waals surface area contributed by atoms with Crippen molar-refractivity contribution in [2.75, 3.05) is 13.6 Å². The number of thiophene rings is 1. The maximum Gasteiger partial charge on any atom is 0.0410 e. The molecule has 2 rings (SSSR count). The summed E-state index contributed by atoms with van der Waals surface area (Å²) in [7, 11) is 2.22. The molecular formula is C14H24N2S. The maximum atomic E-state index is 6.26. The van der Waals surface area contributed by atoms with E-state index in [1.807, 2.05) is 11.3 Å². The van der Waals surface area contributed by atoms with Gasteiger partial charge in [-0.1, -0.05) is 19.4 Å². The van der Waals surface area contributed by atoms with E-state index in [4.69, 9.17) is 5.73 Å². The molecular weight excluding hydrogens is 228 g/mol. The highest BCUT2D eigenvalue weighted by Crippen LogP contribution is 2.38. The fourth-order valence-electron chi connectivity index (χ4n) is 2.91. The van der Waals surface area contributed by atoms with Gasteiger partial charge in [-0.25, -0.2) is 0 Å². The van der Waals surface area contributed by atoms with E-state index in [-0.39, 0.29) is 0 Å². The van der Waals surface area contributed by atoms with E-state index in [2.05, 4.69) is 43.3 Å². The summed E-state index contributed by atoms with van der Waals surface area (Å²) < 4.78 is 0. The first-order valence-corrected chi connectivity index (χ1v) is 7.40. The monoisotopic (exact) mass is 252 g/mol. The standard InChI is InChI=1S/C14H24N2S/c1-11(12-6-5-9-17-12)16(3)10-14(2)8-4-7-13(14)15/h5-6,9,11,13H,4,7-8,10,15H2,1-3H3. The Morgan fingerprint density at radius 1 is 1.65 bits per heavy atom. The van der Waals surface area contributed by atoms with Crippen LogP contribution >= 0.6 is 11.3 Å². The first kappa shape index (κ1) is 13.1. The summed E-state index contributed by atoms with van der Waals surface area (Å²) in [6, 6.07) is 5.23. The Morgan fingerprint density at radius 3 is 2.94 bits per heavy atom. The molecule has 3 heteroatoms. The highest BCUT2D eigenvalue weighted by atomic mass is 32.1. The first-order valence-electron chi connectivity index (χ1n) is 6.52. The fourth-order valence-corrected chi connectivity index (χ4v) is 3.76. The Kier molecular flexibility index (Phi) is 3.91. The van der Waals surface area contributed by atoms with E-state index in [1.54, 1.807) is 0 Å². The van der Waals surface area contributed by atoms with Gasteiger partial charge in [0.2, 0.25) is 0 Å². The Labute approximate surface area is 109 Å². The molecule has 1 aliphatic rings. The zero-order valence-corrected chi connectivity index (χ0v) is 12.0. The minimum absolute atomic E-state index is 0.306. The van der Waals surface area contributed by atoms with Crippen LogP contribution < -0.4 is 5.73 Å². The van der Waals surface area contributed by atoms with Crippen LogP contribution in [0.3, 0.4) is 0 Å². The topological polar surface area (TPSA) is 29.3 Å². The van der Waals surface area contributed by atoms with Crippen molar-refractivity contribution >= 4 is 11.3 Å². The van der Waals surface area contributed by atoms with Crippen molar-refractivity contribution in [3.8, 4) is 0 Å². The normalized spacial score (nSPS) is 31.0. The summed E-state index contributed by atoms with van der Waals surface area (Å²) in [5.41, 5.74) is 6.56. The number of hydrogen-bond acceptors (Lipinski definition) is 3. The van der Waals surface area contributed by atoms with Gasteiger partial charge in [0.05, 0.1) is 0 Å². The molecule has 1 aromatic heterocycles. The molecule has 2 nitrogen and oxygen atoms in total. The van der Waals surface area contributed by atoms with Gasteiger partial charge in [0.1, 0.15) is 0 Å². The van der Waals surface area contributed by atoms with Gasteiger partial charge in [0.25, 0.3) is 0 Å². The van der Waals surface area contributed by atoms with Gasteiger partial charge in [-0.15, -0.1) is 11.3 Å². The SMILES string of the molecule is CC(c1cccs1)N(C)CC1(C)CCCC1N. The van der Waals surface area contributed by atoms with Crippen molar-refractivity contribution in [3.05, 3.63) is 22.4 Å². The lowest BCUT2D eigenvalue weighted by Crippen LogP contribution is -2.43. The third-order valence-corrected chi connectivity index (χ3v) is 5.43. The van der Waals surface area contributed by atoms with Gasteiger partial charge in [-0.3, -0.25) is 4.90 Å². The van der Waals surface area contributed by atoms with Crippen LogP contribution in [0.5, 0.6) is 0 Å². The largest absolute Gasteiger partial charge is 0.327 e. The quantitative estimate of drug-likeness (QED) is 0.891. The molecule has 0 aromatic carbocycles. The van der Waals surface area contributed by atoms with Crippen molar-refractivity contribution in [1.82, 2.24) is 4.90 Å². The summed E-state index contributed by atoms with van der Waals surface area (Å²) in [6.45, 7) is 5.74. The average molecular weight is 252 g/mol. The molecule has 0 spiro atoms. The molecule has 1 heterocycles. The van der Waals surface area contributed by atoms with E-state index in [1.165, 1.54) is 24.1 Å². The predicted molar refractivity (Wildman–Crippen MR) is 75.3 cm³/mol. The summed E-state index contributed by atoms with van der Waals surface area (Å²) in [5, 5.41) is 2.16. The van der Waals surface area contributed by atoms with Crippen LogP contribution in [0.1, 0.15) is 44.0 Å². The predicted octanol–water partition coefficient (Wildman–Crippen LogP) is 3.26. The van der Waals surface area contributed by atoms with E-state index in [0.29, 0.717) is 17.5 Å². The van der Waals surface area contributed by atoms with E-state index < -0.39 is 0 Å². The second-order valence-electron chi connectivity index (χ2n) is 5.76. The number of rotatable bonds is 4. The van der Waals surface area contributed by atoms with Gasteiger partial charge in [0, 0.05) is 23.5 Å². The molecule has 0 aliphatic heterocycles. The molecule has 2 N–H and O–H groups in total. The minimum Gasteiger partial charge on any atom is -0.327 e. The molecule has 3 atom stereocenters. The molecule has 1 fully saturated rings. The fraction of sp³-hybridized carbons (Fsp3) is 0.714. The second-order valence-corrected chi connectivity index (χ2v) is 6.74. The van der Waals surface area contributed by atoms with Crippen molar-refractivity contribution in [2.24, 2.45) is 11.1 Å². The zero-order valence-electron chi connectivity index (χ0n) is 11.1. The molecule has 0 saturated heterocycles. The molecule has 0 amide bonds. The van der Waals surface area contributed by atoms with Gasteiger partial charge in [-0.05, 0) is 43.7 Å². The molecule has 0 bridgehead atoms. The van der Waals surface area contributed by atoms with E-state index in [9.17, 15) is 0 Å². The Balaban J connectivity index is 1.99. The lowest BCUT2D eigenvalue weighted by molar-refractivity contribution is 0.147. The molecule has 1 saturated carbocycles. The van der Waals surface area contributed by atoms with Gasteiger partial charge >= 0.3 is 0 Å². The van der Waals surface area contributed by atoms with Crippen molar-refractivity contribution in [1.29, 1.82) is 0 Å². The molecule has 17 heavy (non-hydrogen) atoms. The summed E-state index contributed by atoms with van der Waals surface area (Å²) in [6.07, 6.45) is 3.76. The summed E-state index contributed by atoms with van der Waals surface area (Å²) in [4.78, 5) is 3.90. The summed E-state index contributed by atoms with van der Waals surface area (Å²) in [5.74, 6) is 0. The summed E-state index contributed by atoms with van der Waals surface area (Å²) >= 11 is 1.84. The zero-order chi connectivity index (χ0) is 12.5. The van der Waals surface area contributed by atoms with Crippen molar-refractivity contribution in [3.63, 3.8) is 0 Å². The number of nitrogens with two attached hydrogens (primary N) is 1. The molecule has 0 radical (unpaired) electrons. The molecule has 1 aliphatic carbocycles. The smallest absolute Gasteiger partial charge is 0.0410 e. The highest BCUT2D eigenvalue weighted by molar-refractivity contribution is 7.10. The van der Waals surface area contributed by atoms with Crippen LogP contribution in [0.2, 0.25) is 0 Å². The van der Waals surface area contributed by atoms with Crippen LogP contribution in [0.4, 0.5) is 0 Å². The Hall–Kier alpha value is -0.380.